The van der Waals surface area contributed by atoms with Crippen molar-refractivity contribution in [2.75, 3.05) is 37.7 Å². The largest absolute Gasteiger partial charge is 0.335 e. The second-order valence-corrected chi connectivity index (χ2v) is 7.77. The minimum atomic E-state index is -3.27. The molecule has 9 heteroatoms. The lowest BCUT2D eigenvalue weighted by Gasteiger charge is -2.30. The molecule has 8 nitrogen and oxygen atoms in total. The van der Waals surface area contributed by atoms with E-state index >= 15 is 0 Å². The number of benzene rings is 1. The van der Waals surface area contributed by atoms with Crippen molar-refractivity contribution < 1.29 is 12.9 Å². The lowest BCUT2D eigenvalue weighted by Crippen LogP contribution is -2.44. The first-order chi connectivity index (χ1) is 11.9. The molecular weight excluding hydrogens is 342 g/mol. The van der Waals surface area contributed by atoms with Crippen LogP contribution in [0.5, 0.6) is 0 Å². The zero-order valence-corrected chi connectivity index (χ0v) is 15.0. The van der Waals surface area contributed by atoms with E-state index in [1.807, 2.05) is 13.1 Å². The van der Waals surface area contributed by atoms with Gasteiger partial charge in [-0.05, 0) is 30.8 Å². The Labute approximate surface area is 147 Å². The van der Waals surface area contributed by atoms with E-state index in [4.69, 9.17) is 4.52 Å². The van der Waals surface area contributed by atoms with Crippen molar-refractivity contribution in [3.05, 3.63) is 41.5 Å². The molecule has 1 saturated heterocycles. The second kappa shape index (κ2) is 7.34. The summed E-state index contributed by atoms with van der Waals surface area (Å²) in [5.74, 6) is 1.11. The molecule has 1 unspecified atom stereocenters. The quantitative estimate of drug-likeness (QED) is 0.823. The molecule has 0 aliphatic carbocycles. The first kappa shape index (κ1) is 17.6. The summed E-state index contributed by atoms with van der Waals surface area (Å²) in [6.45, 7) is 2.70. The number of hydrogen-bond acceptors (Lipinski definition) is 7. The van der Waals surface area contributed by atoms with Gasteiger partial charge in [0.25, 0.3) is 5.89 Å². The molecule has 134 valence electrons. The summed E-state index contributed by atoms with van der Waals surface area (Å²) in [4.78, 5) is 6.62. The van der Waals surface area contributed by atoms with Gasteiger partial charge < -0.3 is 9.84 Å². The van der Waals surface area contributed by atoms with Crippen LogP contribution in [-0.2, 0) is 10.0 Å². The Morgan fingerprint density at radius 1 is 1.32 bits per heavy atom. The minimum Gasteiger partial charge on any atom is -0.335 e. The van der Waals surface area contributed by atoms with Gasteiger partial charge in [0.1, 0.15) is 0 Å². The summed E-state index contributed by atoms with van der Waals surface area (Å²) < 4.78 is 30.1. The van der Waals surface area contributed by atoms with E-state index in [1.165, 1.54) is 0 Å². The number of likely N-dealkylation sites (N-methyl/N-ethyl adjacent to an activating group) is 1. The van der Waals surface area contributed by atoms with Crippen LogP contribution in [0.4, 0.5) is 5.69 Å². The van der Waals surface area contributed by atoms with E-state index in [2.05, 4.69) is 25.1 Å². The van der Waals surface area contributed by atoms with Crippen molar-refractivity contribution in [2.45, 2.75) is 6.04 Å². The van der Waals surface area contributed by atoms with Crippen LogP contribution < -0.4 is 10.0 Å². The minimum absolute atomic E-state index is 0.112. The Bertz CT molecular complexity index is 845. The third-order valence-electron chi connectivity index (χ3n) is 3.90. The summed E-state index contributed by atoms with van der Waals surface area (Å²) in [5.41, 5.74) is 1.42. The van der Waals surface area contributed by atoms with Gasteiger partial charge in [-0.1, -0.05) is 17.3 Å². The molecule has 0 spiro atoms. The van der Waals surface area contributed by atoms with Crippen LogP contribution in [0, 0.1) is 0 Å². The highest BCUT2D eigenvalue weighted by molar-refractivity contribution is 7.92. The SMILES string of the molecule is CN1CCNCC1c1noc(/C=C/c2ccc(NS(C)(=O)=O)cc2)n1. The predicted octanol–water partition coefficient (Wildman–Crippen LogP) is 1.19. The molecule has 0 radical (unpaired) electrons. The number of nitrogens with zero attached hydrogens (tertiary/aromatic N) is 3. The third kappa shape index (κ3) is 4.88. The Kier molecular flexibility index (Phi) is 5.16. The molecule has 0 amide bonds. The lowest BCUT2D eigenvalue weighted by atomic mass is 10.2. The van der Waals surface area contributed by atoms with E-state index in [9.17, 15) is 8.42 Å². The van der Waals surface area contributed by atoms with Crippen molar-refractivity contribution in [1.29, 1.82) is 0 Å². The molecule has 3 rings (SSSR count). The molecule has 2 N–H and O–H groups in total. The molecule has 0 bridgehead atoms. The molecule has 2 aromatic rings. The van der Waals surface area contributed by atoms with E-state index in [0.29, 0.717) is 17.4 Å². The summed E-state index contributed by atoms with van der Waals surface area (Å²) in [6, 6.07) is 7.12. The normalized spacial score (nSPS) is 19.4. The Balaban J connectivity index is 1.66. The number of rotatable bonds is 5. The average molecular weight is 363 g/mol. The van der Waals surface area contributed by atoms with Crippen LogP contribution in [0.2, 0.25) is 0 Å². The number of nitrogens with one attached hydrogen (secondary N) is 2. The monoisotopic (exact) mass is 363 g/mol. The van der Waals surface area contributed by atoms with Gasteiger partial charge in [-0.15, -0.1) is 0 Å². The maximum Gasteiger partial charge on any atom is 0.250 e. The van der Waals surface area contributed by atoms with Crippen molar-refractivity contribution in [2.24, 2.45) is 0 Å². The first-order valence-corrected chi connectivity index (χ1v) is 9.80. The molecule has 1 atom stereocenters. The van der Waals surface area contributed by atoms with Gasteiger partial charge in [-0.3, -0.25) is 9.62 Å². The second-order valence-electron chi connectivity index (χ2n) is 6.02. The number of aromatic nitrogens is 2. The topological polar surface area (TPSA) is 100 Å². The molecular formula is C16H21N5O3S. The molecule has 1 aromatic carbocycles. The summed E-state index contributed by atoms with van der Waals surface area (Å²) >= 11 is 0. The zero-order chi connectivity index (χ0) is 17.9. The first-order valence-electron chi connectivity index (χ1n) is 7.91. The van der Waals surface area contributed by atoms with E-state index < -0.39 is 10.0 Å². The Morgan fingerprint density at radius 3 is 2.76 bits per heavy atom. The van der Waals surface area contributed by atoms with Crippen molar-refractivity contribution in [1.82, 2.24) is 20.4 Å². The number of hydrogen-bond donors (Lipinski definition) is 2. The maximum atomic E-state index is 11.2. The Hall–Kier alpha value is -2.23. The highest BCUT2D eigenvalue weighted by Crippen LogP contribution is 2.18. The van der Waals surface area contributed by atoms with E-state index in [0.717, 1.165) is 31.5 Å². The van der Waals surface area contributed by atoms with Gasteiger partial charge in [0, 0.05) is 31.4 Å². The summed E-state index contributed by atoms with van der Waals surface area (Å²) in [7, 11) is -1.22. The van der Waals surface area contributed by atoms with Crippen molar-refractivity contribution in [3.63, 3.8) is 0 Å². The molecule has 1 aromatic heterocycles. The van der Waals surface area contributed by atoms with Gasteiger partial charge in [0.2, 0.25) is 10.0 Å². The molecule has 2 heterocycles. The van der Waals surface area contributed by atoms with Crippen LogP contribution in [0.3, 0.4) is 0 Å². The molecule has 0 saturated carbocycles. The Morgan fingerprint density at radius 2 is 2.08 bits per heavy atom. The van der Waals surface area contributed by atoms with Crippen molar-refractivity contribution in [3.8, 4) is 0 Å². The van der Waals surface area contributed by atoms with Crippen LogP contribution in [0.1, 0.15) is 23.3 Å². The summed E-state index contributed by atoms with van der Waals surface area (Å²) in [5, 5.41) is 7.38. The fraction of sp³-hybridized carbons (Fsp3) is 0.375. The maximum absolute atomic E-state index is 11.2. The molecule has 1 aliphatic heterocycles. The average Bonchev–Trinajstić information content (AvgIpc) is 3.02. The van der Waals surface area contributed by atoms with E-state index in [1.54, 1.807) is 30.3 Å². The van der Waals surface area contributed by atoms with Gasteiger partial charge in [-0.25, -0.2) is 8.42 Å². The van der Waals surface area contributed by atoms with Crippen LogP contribution in [-0.4, -0.2) is 56.4 Å². The van der Waals surface area contributed by atoms with E-state index in [-0.39, 0.29) is 6.04 Å². The summed E-state index contributed by atoms with van der Waals surface area (Å²) in [6.07, 6.45) is 4.70. The fourth-order valence-corrected chi connectivity index (χ4v) is 3.15. The highest BCUT2D eigenvalue weighted by Gasteiger charge is 2.24. The number of sulfonamides is 1. The van der Waals surface area contributed by atoms with Gasteiger partial charge >= 0.3 is 0 Å². The lowest BCUT2D eigenvalue weighted by molar-refractivity contribution is 0.190. The third-order valence-corrected chi connectivity index (χ3v) is 4.51. The smallest absolute Gasteiger partial charge is 0.250 e. The number of anilines is 1. The van der Waals surface area contributed by atoms with Crippen LogP contribution in [0.15, 0.2) is 28.8 Å². The number of piperazine rings is 1. The van der Waals surface area contributed by atoms with Crippen LogP contribution in [0.25, 0.3) is 12.2 Å². The molecule has 25 heavy (non-hydrogen) atoms. The molecule has 1 fully saturated rings. The van der Waals surface area contributed by atoms with Gasteiger partial charge in [-0.2, -0.15) is 4.98 Å². The van der Waals surface area contributed by atoms with Gasteiger partial charge in [0.05, 0.1) is 12.3 Å². The zero-order valence-electron chi connectivity index (χ0n) is 14.1. The van der Waals surface area contributed by atoms with Gasteiger partial charge in [0.15, 0.2) is 5.82 Å². The van der Waals surface area contributed by atoms with Crippen molar-refractivity contribution >= 4 is 27.9 Å². The van der Waals surface area contributed by atoms with Crippen LogP contribution >= 0.6 is 0 Å². The predicted molar refractivity (Wildman–Crippen MR) is 96.4 cm³/mol. The fourth-order valence-electron chi connectivity index (χ4n) is 2.59. The highest BCUT2D eigenvalue weighted by atomic mass is 32.2. The molecule has 1 aliphatic rings. The standard InChI is InChI=1S/C16H21N5O3S/c1-21-10-9-17-11-14(21)16-18-15(24-19-16)8-5-12-3-6-13(7-4-12)20-25(2,22)23/h3-8,14,17,20H,9-11H2,1-2H3/b8-5+.